The van der Waals surface area contributed by atoms with Crippen molar-refractivity contribution in [2.24, 2.45) is 11.1 Å². The average molecular weight is 207 g/mol. The molecule has 2 N–H and O–H groups in total. The molecule has 3 nitrogen and oxygen atoms in total. The third-order valence-electron chi connectivity index (χ3n) is 3.86. The third-order valence-corrected chi connectivity index (χ3v) is 3.86. The van der Waals surface area contributed by atoms with Crippen molar-refractivity contribution in [1.82, 2.24) is 9.78 Å². The van der Waals surface area contributed by atoms with E-state index in [4.69, 9.17) is 5.73 Å². The van der Waals surface area contributed by atoms with Crippen LogP contribution in [0, 0.1) is 5.41 Å². The van der Waals surface area contributed by atoms with Crippen molar-refractivity contribution in [2.45, 2.75) is 52.1 Å². The second-order valence-corrected chi connectivity index (χ2v) is 4.91. The molecule has 1 aliphatic carbocycles. The van der Waals surface area contributed by atoms with E-state index < -0.39 is 0 Å². The smallest absolute Gasteiger partial charge is 0.0556 e. The lowest BCUT2D eigenvalue weighted by Crippen LogP contribution is -2.31. The summed E-state index contributed by atoms with van der Waals surface area (Å²) in [6, 6.07) is 2.21. The standard InChI is InChI=1S/C12H21N3/c1-3-15-10(6-9-14-15)11(13)12(2)7-4-5-8-12/h6,9,11H,3-5,7-8,13H2,1-2H3. The van der Waals surface area contributed by atoms with E-state index in [0.717, 1.165) is 6.54 Å². The van der Waals surface area contributed by atoms with Gasteiger partial charge < -0.3 is 5.73 Å². The first-order valence-corrected chi connectivity index (χ1v) is 5.94. The lowest BCUT2D eigenvalue weighted by molar-refractivity contribution is 0.254. The van der Waals surface area contributed by atoms with Crippen LogP contribution in [0.25, 0.3) is 0 Å². The molecule has 1 atom stereocenters. The largest absolute Gasteiger partial charge is 0.322 e. The second kappa shape index (κ2) is 3.97. The molecule has 1 aromatic rings. The van der Waals surface area contributed by atoms with Gasteiger partial charge in [0.25, 0.3) is 0 Å². The molecular formula is C12H21N3. The van der Waals surface area contributed by atoms with Crippen molar-refractivity contribution >= 4 is 0 Å². The summed E-state index contributed by atoms with van der Waals surface area (Å²) in [7, 11) is 0. The highest BCUT2D eigenvalue weighted by Gasteiger charge is 2.36. The van der Waals surface area contributed by atoms with E-state index in [9.17, 15) is 0 Å². The molecule has 0 saturated heterocycles. The van der Waals surface area contributed by atoms with Gasteiger partial charge in [0.05, 0.1) is 11.7 Å². The summed E-state index contributed by atoms with van der Waals surface area (Å²) >= 11 is 0. The predicted molar refractivity (Wildman–Crippen MR) is 61.4 cm³/mol. The first-order chi connectivity index (χ1) is 7.17. The molecule has 1 unspecified atom stereocenters. The van der Waals surface area contributed by atoms with Gasteiger partial charge in [-0.3, -0.25) is 4.68 Å². The summed E-state index contributed by atoms with van der Waals surface area (Å²) in [5, 5.41) is 4.29. The summed E-state index contributed by atoms with van der Waals surface area (Å²) in [6.07, 6.45) is 7.01. The van der Waals surface area contributed by atoms with Crippen LogP contribution in [-0.4, -0.2) is 9.78 Å². The van der Waals surface area contributed by atoms with E-state index in [2.05, 4.69) is 25.0 Å². The van der Waals surface area contributed by atoms with Gasteiger partial charge in [-0.25, -0.2) is 0 Å². The molecule has 15 heavy (non-hydrogen) atoms. The first kappa shape index (κ1) is 10.7. The average Bonchev–Trinajstić information content (AvgIpc) is 2.85. The second-order valence-electron chi connectivity index (χ2n) is 4.91. The fourth-order valence-corrected chi connectivity index (χ4v) is 2.72. The van der Waals surface area contributed by atoms with E-state index in [-0.39, 0.29) is 11.5 Å². The zero-order chi connectivity index (χ0) is 10.9. The molecule has 0 radical (unpaired) electrons. The van der Waals surface area contributed by atoms with Crippen molar-refractivity contribution < 1.29 is 0 Å². The number of aromatic nitrogens is 2. The fourth-order valence-electron chi connectivity index (χ4n) is 2.72. The number of aryl methyl sites for hydroxylation is 1. The van der Waals surface area contributed by atoms with Crippen LogP contribution in [0.1, 0.15) is 51.3 Å². The summed E-state index contributed by atoms with van der Waals surface area (Å²) in [5.74, 6) is 0. The Morgan fingerprint density at radius 2 is 2.20 bits per heavy atom. The van der Waals surface area contributed by atoms with Crippen LogP contribution in [-0.2, 0) is 6.54 Å². The maximum atomic E-state index is 6.39. The Hall–Kier alpha value is -0.830. The van der Waals surface area contributed by atoms with Gasteiger partial charge in [-0.1, -0.05) is 19.8 Å². The monoisotopic (exact) mass is 207 g/mol. The van der Waals surface area contributed by atoms with Gasteiger partial charge in [-0.2, -0.15) is 5.10 Å². The van der Waals surface area contributed by atoms with Crippen molar-refractivity contribution in [2.75, 3.05) is 0 Å². The number of nitrogens with two attached hydrogens (primary N) is 1. The Balaban J connectivity index is 2.23. The molecule has 1 aliphatic rings. The molecule has 3 heteroatoms. The molecule has 0 amide bonds. The van der Waals surface area contributed by atoms with Crippen LogP contribution in [0.15, 0.2) is 12.3 Å². The zero-order valence-electron chi connectivity index (χ0n) is 9.74. The van der Waals surface area contributed by atoms with Crippen LogP contribution < -0.4 is 5.73 Å². The van der Waals surface area contributed by atoms with Crippen LogP contribution in [0.2, 0.25) is 0 Å². The van der Waals surface area contributed by atoms with Crippen LogP contribution in [0.4, 0.5) is 0 Å². The molecule has 84 valence electrons. The quantitative estimate of drug-likeness (QED) is 0.827. The van der Waals surface area contributed by atoms with E-state index in [1.54, 1.807) is 0 Å². The molecule has 0 aromatic carbocycles. The van der Waals surface area contributed by atoms with E-state index in [1.807, 2.05) is 10.9 Å². The highest BCUT2D eigenvalue weighted by Crippen LogP contribution is 2.45. The minimum Gasteiger partial charge on any atom is -0.322 e. The van der Waals surface area contributed by atoms with Gasteiger partial charge in [0.15, 0.2) is 0 Å². The first-order valence-electron chi connectivity index (χ1n) is 5.94. The molecule has 2 rings (SSSR count). The lowest BCUT2D eigenvalue weighted by atomic mass is 9.79. The van der Waals surface area contributed by atoms with Crippen LogP contribution in [0.5, 0.6) is 0 Å². The lowest BCUT2D eigenvalue weighted by Gasteiger charge is -2.31. The molecule has 1 saturated carbocycles. The minimum absolute atomic E-state index is 0.141. The molecule has 1 heterocycles. The number of rotatable bonds is 3. The highest BCUT2D eigenvalue weighted by molar-refractivity contribution is 5.11. The van der Waals surface area contributed by atoms with Crippen molar-refractivity contribution in [3.05, 3.63) is 18.0 Å². The molecule has 0 bridgehead atoms. The van der Waals surface area contributed by atoms with E-state index in [1.165, 1.54) is 31.4 Å². The summed E-state index contributed by atoms with van der Waals surface area (Å²) in [6.45, 7) is 5.34. The normalized spacial score (nSPS) is 21.8. The SMILES string of the molecule is CCn1nccc1C(N)C1(C)CCCC1. The van der Waals surface area contributed by atoms with Crippen molar-refractivity contribution in [3.8, 4) is 0 Å². The highest BCUT2D eigenvalue weighted by atomic mass is 15.3. The Labute approximate surface area is 91.7 Å². The van der Waals surface area contributed by atoms with E-state index >= 15 is 0 Å². The van der Waals surface area contributed by atoms with E-state index in [0.29, 0.717) is 0 Å². The maximum Gasteiger partial charge on any atom is 0.0556 e. The topological polar surface area (TPSA) is 43.8 Å². The number of hydrogen-bond acceptors (Lipinski definition) is 2. The van der Waals surface area contributed by atoms with Crippen LogP contribution >= 0.6 is 0 Å². The van der Waals surface area contributed by atoms with Gasteiger partial charge in [-0.15, -0.1) is 0 Å². The van der Waals surface area contributed by atoms with Gasteiger partial charge >= 0.3 is 0 Å². The summed E-state index contributed by atoms with van der Waals surface area (Å²) in [4.78, 5) is 0. The maximum absolute atomic E-state index is 6.39. The number of hydrogen-bond donors (Lipinski definition) is 1. The Morgan fingerprint density at radius 3 is 2.80 bits per heavy atom. The molecule has 0 aliphatic heterocycles. The third kappa shape index (κ3) is 1.81. The van der Waals surface area contributed by atoms with Gasteiger partial charge in [-0.05, 0) is 31.2 Å². The minimum atomic E-state index is 0.141. The summed E-state index contributed by atoms with van der Waals surface area (Å²) < 4.78 is 2.02. The van der Waals surface area contributed by atoms with Crippen LogP contribution in [0.3, 0.4) is 0 Å². The Morgan fingerprint density at radius 1 is 1.53 bits per heavy atom. The Kier molecular flexibility index (Phi) is 2.83. The molecule has 1 fully saturated rings. The molecular weight excluding hydrogens is 186 g/mol. The van der Waals surface area contributed by atoms with Crippen molar-refractivity contribution in [1.29, 1.82) is 0 Å². The molecule has 1 aromatic heterocycles. The van der Waals surface area contributed by atoms with Gasteiger partial charge in [0.2, 0.25) is 0 Å². The van der Waals surface area contributed by atoms with Gasteiger partial charge in [0, 0.05) is 12.7 Å². The zero-order valence-corrected chi connectivity index (χ0v) is 9.74. The molecule has 0 spiro atoms. The summed E-state index contributed by atoms with van der Waals surface area (Å²) in [5.41, 5.74) is 7.88. The predicted octanol–water partition coefficient (Wildman–Crippen LogP) is 2.48. The van der Waals surface area contributed by atoms with Crippen molar-refractivity contribution in [3.63, 3.8) is 0 Å². The van der Waals surface area contributed by atoms with Gasteiger partial charge in [0.1, 0.15) is 0 Å². The fraction of sp³-hybridized carbons (Fsp3) is 0.750. The Bertz CT molecular complexity index is 323. The number of nitrogens with zero attached hydrogens (tertiary/aromatic N) is 2.